The third-order valence-corrected chi connectivity index (χ3v) is 8.04. The van der Waals surface area contributed by atoms with Crippen molar-refractivity contribution in [3.8, 4) is 0 Å². The minimum Gasteiger partial charge on any atom is -0.322 e. The van der Waals surface area contributed by atoms with Gasteiger partial charge in [-0.2, -0.15) is 0 Å². The number of amides is 1. The lowest BCUT2D eigenvalue weighted by Gasteiger charge is -2.13. The van der Waals surface area contributed by atoms with E-state index in [0.29, 0.717) is 5.69 Å². The van der Waals surface area contributed by atoms with Crippen LogP contribution >= 0.6 is 0 Å². The Kier molecular flexibility index (Phi) is 7.28. The van der Waals surface area contributed by atoms with Gasteiger partial charge in [0.2, 0.25) is 0 Å². The normalized spacial score (nSPS) is 11.5. The first-order chi connectivity index (χ1) is 17.5. The van der Waals surface area contributed by atoms with Crippen LogP contribution in [0.1, 0.15) is 15.9 Å². The molecule has 0 unspecified atom stereocenters. The summed E-state index contributed by atoms with van der Waals surface area (Å²) in [4.78, 5) is 12.9. The van der Waals surface area contributed by atoms with E-state index in [9.17, 15) is 26.0 Å². The molecule has 190 valence electrons. The van der Waals surface area contributed by atoms with Crippen LogP contribution in [0.2, 0.25) is 0 Å². The van der Waals surface area contributed by atoms with Crippen LogP contribution in [0.5, 0.6) is 0 Å². The number of rotatable bonds is 8. The van der Waals surface area contributed by atoms with Crippen LogP contribution in [0.15, 0.2) is 107 Å². The molecule has 3 N–H and O–H groups in total. The van der Waals surface area contributed by atoms with E-state index in [1.54, 1.807) is 24.3 Å². The zero-order valence-electron chi connectivity index (χ0n) is 19.5. The number of aryl methyl sites for hydroxylation is 1. The number of carbonyl (C=O) groups excluding carboxylic acids is 1. The van der Waals surface area contributed by atoms with Gasteiger partial charge in [-0.3, -0.25) is 14.2 Å². The van der Waals surface area contributed by atoms with Crippen molar-refractivity contribution in [2.24, 2.45) is 0 Å². The fourth-order valence-electron chi connectivity index (χ4n) is 3.34. The fraction of sp³-hybridized carbons (Fsp3) is 0.0385. The highest BCUT2D eigenvalue weighted by Gasteiger charge is 2.19. The van der Waals surface area contributed by atoms with Gasteiger partial charge in [-0.1, -0.05) is 29.8 Å². The van der Waals surface area contributed by atoms with Gasteiger partial charge in [0.15, 0.2) is 0 Å². The van der Waals surface area contributed by atoms with Gasteiger partial charge in [0.05, 0.1) is 21.0 Å². The summed E-state index contributed by atoms with van der Waals surface area (Å²) in [7, 11) is -7.88. The SMILES string of the molecule is Cc1ccc(S(=O)(=O)Nc2ccccc2C(=O)Nc2ccc(S(=O)(=O)Nc3ccc(F)cc3)cc2)cc1. The molecular weight excluding hydrogens is 517 g/mol. The third kappa shape index (κ3) is 6.32. The lowest BCUT2D eigenvalue weighted by atomic mass is 10.1. The molecule has 0 saturated carbocycles. The summed E-state index contributed by atoms with van der Waals surface area (Å²) in [6.45, 7) is 1.84. The standard InChI is InChI=1S/C26H22FN3O5S2/c1-18-6-14-22(15-7-18)37(34,35)30-25-5-3-2-4-24(25)26(31)28-20-12-16-23(17-13-20)36(32,33)29-21-10-8-19(27)9-11-21/h2-17,29-30H,1H3,(H,28,31). The molecule has 4 aromatic rings. The van der Waals surface area contributed by atoms with Gasteiger partial charge in [-0.15, -0.1) is 0 Å². The highest BCUT2D eigenvalue weighted by atomic mass is 32.2. The zero-order chi connectivity index (χ0) is 26.6. The maximum atomic E-state index is 13.1. The molecule has 0 aliphatic heterocycles. The number of benzene rings is 4. The fourth-order valence-corrected chi connectivity index (χ4v) is 5.48. The highest BCUT2D eigenvalue weighted by Crippen LogP contribution is 2.23. The number of anilines is 3. The van der Waals surface area contributed by atoms with E-state index >= 15 is 0 Å². The molecule has 11 heteroatoms. The number of halogens is 1. The Hall–Kier alpha value is -4.22. The average molecular weight is 540 g/mol. The smallest absolute Gasteiger partial charge is 0.261 e. The molecule has 0 fully saturated rings. The Morgan fingerprint density at radius 2 is 1.16 bits per heavy atom. The van der Waals surface area contributed by atoms with Crippen molar-refractivity contribution in [3.63, 3.8) is 0 Å². The predicted molar refractivity (Wildman–Crippen MR) is 140 cm³/mol. The van der Waals surface area contributed by atoms with Crippen LogP contribution in [-0.4, -0.2) is 22.7 Å². The second kappa shape index (κ2) is 10.4. The van der Waals surface area contributed by atoms with E-state index < -0.39 is 31.8 Å². The van der Waals surface area contributed by atoms with Gasteiger partial charge in [0.25, 0.3) is 26.0 Å². The van der Waals surface area contributed by atoms with Crippen molar-refractivity contribution in [2.75, 3.05) is 14.8 Å². The molecule has 0 atom stereocenters. The van der Waals surface area contributed by atoms with E-state index in [1.807, 2.05) is 6.92 Å². The van der Waals surface area contributed by atoms with Crippen molar-refractivity contribution < 1.29 is 26.0 Å². The maximum absolute atomic E-state index is 13.1. The van der Waals surface area contributed by atoms with Crippen molar-refractivity contribution in [1.82, 2.24) is 0 Å². The average Bonchev–Trinajstić information content (AvgIpc) is 2.86. The molecule has 0 aromatic heterocycles. The third-order valence-electron chi connectivity index (χ3n) is 5.27. The molecule has 4 rings (SSSR count). The monoisotopic (exact) mass is 539 g/mol. The summed E-state index contributed by atoms with van der Waals surface area (Å²) in [5.41, 5.74) is 1.56. The first kappa shape index (κ1) is 25.9. The first-order valence-corrected chi connectivity index (χ1v) is 13.9. The molecule has 0 aliphatic rings. The van der Waals surface area contributed by atoms with Gasteiger partial charge in [-0.25, -0.2) is 21.2 Å². The Morgan fingerprint density at radius 3 is 1.78 bits per heavy atom. The molecule has 1 amide bonds. The number of hydrogen-bond acceptors (Lipinski definition) is 5. The van der Waals surface area contributed by atoms with Crippen molar-refractivity contribution in [1.29, 1.82) is 0 Å². The topological polar surface area (TPSA) is 121 Å². The van der Waals surface area contributed by atoms with E-state index in [2.05, 4.69) is 14.8 Å². The summed E-state index contributed by atoms with van der Waals surface area (Å²) in [5.74, 6) is -1.09. The zero-order valence-corrected chi connectivity index (χ0v) is 21.1. The summed E-state index contributed by atoms with van der Waals surface area (Å²) < 4.78 is 68.7. The summed E-state index contributed by atoms with van der Waals surface area (Å²) >= 11 is 0. The van der Waals surface area contributed by atoms with E-state index in [1.165, 1.54) is 60.7 Å². The van der Waals surface area contributed by atoms with Crippen LogP contribution in [0.3, 0.4) is 0 Å². The molecule has 0 heterocycles. The number of nitrogens with one attached hydrogen (secondary N) is 3. The number of para-hydroxylation sites is 1. The second-order valence-corrected chi connectivity index (χ2v) is 11.4. The largest absolute Gasteiger partial charge is 0.322 e. The molecular formula is C26H22FN3O5S2. The maximum Gasteiger partial charge on any atom is 0.261 e. The predicted octanol–water partition coefficient (Wildman–Crippen LogP) is 4.99. The molecule has 4 aromatic carbocycles. The number of hydrogen-bond donors (Lipinski definition) is 3. The molecule has 0 saturated heterocycles. The second-order valence-electron chi connectivity index (χ2n) is 8.06. The van der Waals surface area contributed by atoms with Crippen molar-refractivity contribution in [3.05, 3.63) is 114 Å². The van der Waals surface area contributed by atoms with Gasteiger partial charge >= 0.3 is 0 Å². The van der Waals surface area contributed by atoms with Crippen molar-refractivity contribution >= 4 is 43.0 Å². The van der Waals surface area contributed by atoms with Crippen LogP contribution in [0.4, 0.5) is 21.5 Å². The van der Waals surface area contributed by atoms with Gasteiger partial charge < -0.3 is 5.32 Å². The van der Waals surface area contributed by atoms with Gasteiger partial charge in [0, 0.05) is 11.4 Å². The molecule has 0 bridgehead atoms. The number of sulfonamides is 2. The van der Waals surface area contributed by atoms with Gasteiger partial charge in [-0.05, 0) is 79.7 Å². The molecule has 37 heavy (non-hydrogen) atoms. The summed E-state index contributed by atoms with van der Waals surface area (Å²) in [5, 5.41) is 2.64. The molecule has 0 spiro atoms. The Labute approximate surface area is 214 Å². The molecule has 0 radical (unpaired) electrons. The van der Waals surface area contributed by atoms with E-state index in [4.69, 9.17) is 0 Å². The minimum absolute atomic E-state index is 0.0550. The van der Waals surface area contributed by atoms with E-state index in [0.717, 1.165) is 17.7 Å². The quantitative estimate of drug-likeness (QED) is 0.291. The Balaban J connectivity index is 1.49. The summed E-state index contributed by atoms with van der Waals surface area (Å²) in [6.07, 6.45) is 0. The van der Waals surface area contributed by atoms with Crippen molar-refractivity contribution in [2.45, 2.75) is 16.7 Å². The highest BCUT2D eigenvalue weighted by molar-refractivity contribution is 7.93. The van der Waals surface area contributed by atoms with Crippen LogP contribution in [0.25, 0.3) is 0 Å². The molecule has 0 aliphatic carbocycles. The van der Waals surface area contributed by atoms with E-state index in [-0.39, 0.29) is 26.7 Å². The Bertz CT molecular complexity index is 1640. The van der Waals surface area contributed by atoms with Crippen LogP contribution < -0.4 is 14.8 Å². The Morgan fingerprint density at radius 1 is 0.649 bits per heavy atom. The molecule has 8 nitrogen and oxygen atoms in total. The minimum atomic E-state index is -3.94. The van der Waals surface area contributed by atoms with Crippen LogP contribution in [-0.2, 0) is 20.0 Å². The lowest BCUT2D eigenvalue weighted by molar-refractivity contribution is 0.102. The number of carbonyl (C=O) groups is 1. The van der Waals surface area contributed by atoms with Gasteiger partial charge in [0.1, 0.15) is 5.82 Å². The first-order valence-electron chi connectivity index (χ1n) is 10.9. The van der Waals surface area contributed by atoms with Crippen LogP contribution in [0, 0.1) is 12.7 Å². The lowest BCUT2D eigenvalue weighted by Crippen LogP contribution is -2.18. The summed E-state index contributed by atoms with van der Waals surface area (Å²) in [6, 6.07) is 22.7.